The number of nitrogens with zero attached hydrogens (tertiary/aromatic N) is 3. The zero-order chi connectivity index (χ0) is 23.4. The van der Waals surface area contributed by atoms with Gasteiger partial charge in [0.15, 0.2) is 5.16 Å². The van der Waals surface area contributed by atoms with Crippen LogP contribution < -0.4 is 4.74 Å². The zero-order valence-corrected chi connectivity index (χ0v) is 20.6. The van der Waals surface area contributed by atoms with Gasteiger partial charge in [0.05, 0.1) is 36.5 Å². The summed E-state index contributed by atoms with van der Waals surface area (Å²) in [7, 11) is 3.10. The maximum Gasteiger partial charge on any atom is 0.337 e. The fourth-order valence-corrected chi connectivity index (χ4v) is 5.48. The highest BCUT2D eigenvalue weighted by Gasteiger charge is 2.17. The number of ether oxygens (including phenoxy) is 2. The molecule has 0 atom stereocenters. The number of benzene rings is 1. The Balaban J connectivity index is 1.64. The molecule has 0 radical (unpaired) electrons. The van der Waals surface area contributed by atoms with Crippen LogP contribution in [0.1, 0.15) is 59.3 Å². The van der Waals surface area contributed by atoms with E-state index in [1.807, 2.05) is 31.3 Å². The summed E-state index contributed by atoms with van der Waals surface area (Å²) in [6.45, 7) is 4.93. The van der Waals surface area contributed by atoms with Crippen LogP contribution in [-0.2, 0) is 17.0 Å². The summed E-state index contributed by atoms with van der Waals surface area (Å²) >= 11 is 1.67. The molecule has 0 amide bonds. The summed E-state index contributed by atoms with van der Waals surface area (Å²) in [5.74, 6) is 1.24. The minimum absolute atomic E-state index is 0.348. The molecule has 1 aromatic carbocycles. The fraction of sp³-hybridized carbons (Fsp3) is 0.423. The first kappa shape index (κ1) is 23.4. The van der Waals surface area contributed by atoms with E-state index in [4.69, 9.17) is 14.5 Å². The van der Waals surface area contributed by atoms with E-state index in [1.54, 1.807) is 18.9 Å². The molecule has 1 aliphatic rings. The number of hydrogen-bond acceptors (Lipinski definition) is 6. The summed E-state index contributed by atoms with van der Waals surface area (Å²) < 4.78 is 12.7. The number of hydrogen-bond donors (Lipinski definition) is 0. The van der Waals surface area contributed by atoms with Crippen LogP contribution in [0.3, 0.4) is 0 Å². The lowest BCUT2D eigenvalue weighted by atomic mass is 9.97. The van der Waals surface area contributed by atoms with Gasteiger partial charge in [-0.2, -0.15) is 0 Å². The van der Waals surface area contributed by atoms with E-state index >= 15 is 0 Å². The number of methoxy groups -OCH3 is 2. The molecule has 33 heavy (non-hydrogen) atoms. The average molecular weight is 466 g/mol. The third-order valence-corrected chi connectivity index (χ3v) is 7.25. The Kier molecular flexibility index (Phi) is 7.38. The Hall–Kier alpha value is -2.80. The van der Waals surface area contributed by atoms with Crippen molar-refractivity contribution in [3.8, 4) is 5.75 Å². The maximum atomic E-state index is 12.0. The van der Waals surface area contributed by atoms with Gasteiger partial charge in [-0.05, 0) is 64.2 Å². The summed E-state index contributed by atoms with van der Waals surface area (Å²) in [5.41, 5.74) is 6.98. The van der Waals surface area contributed by atoms with Gasteiger partial charge in [-0.3, -0.25) is 4.98 Å². The number of allylic oxidation sites excluding steroid dienone is 2. The third kappa shape index (κ3) is 5.08. The third-order valence-electron chi connectivity index (χ3n) is 6.26. The molecule has 174 valence electrons. The van der Waals surface area contributed by atoms with Gasteiger partial charge in [0.1, 0.15) is 5.75 Å². The number of rotatable bonds is 8. The molecular formula is C26H31N3O3S. The summed E-state index contributed by atoms with van der Waals surface area (Å²) in [6, 6.07) is 5.61. The predicted molar refractivity (Wildman–Crippen MR) is 132 cm³/mol. The highest BCUT2D eigenvalue weighted by atomic mass is 32.2. The van der Waals surface area contributed by atoms with E-state index < -0.39 is 0 Å². The van der Waals surface area contributed by atoms with Gasteiger partial charge in [0.2, 0.25) is 0 Å². The zero-order valence-electron chi connectivity index (χ0n) is 19.8. The second kappa shape index (κ2) is 10.4. The number of aromatic nitrogens is 3. The predicted octanol–water partition coefficient (Wildman–Crippen LogP) is 6.03. The molecule has 6 nitrogen and oxygen atoms in total. The normalized spacial score (nSPS) is 13.8. The van der Waals surface area contributed by atoms with Gasteiger partial charge >= 0.3 is 5.97 Å². The molecule has 2 heterocycles. The summed E-state index contributed by atoms with van der Waals surface area (Å²) in [6.07, 6.45) is 10.2. The molecule has 0 spiro atoms. The van der Waals surface area contributed by atoms with Crippen molar-refractivity contribution < 1.29 is 14.3 Å². The molecule has 7 heteroatoms. The van der Waals surface area contributed by atoms with Gasteiger partial charge in [-0.25, -0.2) is 9.78 Å². The van der Waals surface area contributed by atoms with Crippen molar-refractivity contribution in [1.29, 1.82) is 0 Å². The Morgan fingerprint density at radius 3 is 2.79 bits per heavy atom. The number of aryl methyl sites for hydroxylation is 2. The Bertz CT molecular complexity index is 1200. The van der Waals surface area contributed by atoms with E-state index in [2.05, 4.69) is 22.6 Å². The Labute approximate surface area is 199 Å². The number of pyridine rings is 1. The van der Waals surface area contributed by atoms with Gasteiger partial charge < -0.3 is 14.0 Å². The summed E-state index contributed by atoms with van der Waals surface area (Å²) in [4.78, 5) is 21.6. The number of thioether (sulfide) groups is 1. The molecule has 2 aromatic heterocycles. The first-order chi connectivity index (χ1) is 16.0. The van der Waals surface area contributed by atoms with Crippen LogP contribution in [0.15, 0.2) is 41.2 Å². The number of fused-ring (bicyclic) bond motifs is 1. The monoisotopic (exact) mass is 465 g/mol. The van der Waals surface area contributed by atoms with Gasteiger partial charge in [0.25, 0.3) is 0 Å². The maximum absolute atomic E-state index is 12.0. The van der Waals surface area contributed by atoms with Crippen LogP contribution in [-0.4, -0.2) is 34.7 Å². The molecular weight excluding hydrogens is 434 g/mol. The van der Waals surface area contributed by atoms with Crippen molar-refractivity contribution in [2.45, 2.75) is 63.4 Å². The largest absolute Gasteiger partial charge is 0.496 e. The molecule has 0 N–H and O–H groups in total. The first-order valence-electron chi connectivity index (χ1n) is 11.4. The number of carbonyl (C=O) groups is 1. The highest BCUT2D eigenvalue weighted by molar-refractivity contribution is 7.98. The van der Waals surface area contributed by atoms with E-state index in [1.165, 1.54) is 38.4 Å². The number of carbonyl (C=O) groups excluding carboxylic acids is 1. The summed E-state index contributed by atoms with van der Waals surface area (Å²) in [5, 5.41) is 0.934. The van der Waals surface area contributed by atoms with Crippen molar-refractivity contribution in [1.82, 2.24) is 14.5 Å². The smallest absolute Gasteiger partial charge is 0.337 e. The Morgan fingerprint density at radius 2 is 2.06 bits per heavy atom. The van der Waals surface area contributed by atoms with E-state index in [-0.39, 0.29) is 5.97 Å². The van der Waals surface area contributed by atoms with Crippen molar-refractivity contribution in [2.75, 3.05) is 14.2 Å². The van der Waals surface area contributed by atoms with E-state index in [9.17, 15) is 4.79 Å². The topological polar surface area (TPSA) is 66.2 Å². The quantitative estimate of drug-likeness (QED) is 0.230. The fourth-order valence-electron chi connectivity index (χ4n) is 4.42. The van der Waals surface area contributed by atoms with E-state index in [0.29, 0.717) is 11.3 Å². The van der Waals surface area contributed by atoms with Crippen molar-refractivity contribution in [3.63, 3.8) is 0 Å². The first-order valence-corrected chi connectivity index (χ1v) is 12.4. The van der Waals surface area contributed by atoms with Crippen LogP contribution >= 0.6 is 11.8 Å². The van der Waals surface area contributed by atoms with Crippen LogP contribution in [0.4, 0.5) is 0 Å². The van der Waals surface area contributed by atoms with Crippen LogP contribution in [0, 0.1) is 13.8 Å². The second-order valence-corrected chi connectivity index (χ2v) is 9.38. The van der Waals surface area contributed by atoms with E-state index in [0.717, 1.165) is 51.7 Å². The Morgan fingerprint density at radius 1 is 1.21 bits per heavy atom. The second-order valence-electron chi connectivity index (χ2n) is 8.43. The molecule has 0 saturated heterocycles. The molecule has 0 aliphatic heterocycles. The molecule has 0 fully saturated rings. The van der Waals surface area contributed by atoms with Crippen LogP contribution in [0.25, 0.3) is 11.0 Å². The van der Waals surface area contributed by atoms with Crippen molar-refractivity contribution in [2.24, 2.45) is 0 Å². The lowest BCUT2D eigenvalue weighted by molar-refractivity contribution is 0.0601. The molecule has 3 aromatic rings. The number of esters is 1. The lowest BCUT2D eigenvalue weighted by Gasteiger charge is -2.15. The van der Waals surface area contributed by atoms with Gasteiger partial charge in [-0.1, -0.05) is 23.4 Å². The van der Waals surface area contributed by atoms with Gasteiger partial charge in [-0.15, -0.1) is 0 Å². The minimum atomic E-state index is -0.348. The lowest BCUT2D eigenvalue weighted by Crippen LogP contribution is -2.04. The minimum Gasteiger partial charge on any atom is -0.496 e. The molecule has 1 aliphatic carbocycles. The van der Waals surface area contributed by atoms with Crippen LogP contribution in [0.5, 0.6) is 5.75 Å². The average Bonchev–Trinajstić information content (AvgIpc) is 3.19. The van der Waals surface area contributed by atoms with Crippen LogP contribution in [0.2, 0.25) is 0 Å². The number of imidazole rings is 1. The SMILES string of the molecule is COC(=O)c1ccc2c(c1)nc(SCc1ncc(C)c(OC)c1C)n2CCC1=CCCCC1. The van der Waals surface area contributed by atoms with Gasteiger partial charge in [0, 0.05) is 29.6 Å². The highest BCUT2D eigenvalue weighted by Crippen LogP contribution is 2.32. The molecule has 0 unspecified atom stereocenters. The molecule has 0 saturated carbocycles. The molecule has 0 bridgehead atoms. The molecule has 4 rings (SSSR count). The van der Waals surface area contributed by atoms with Crippen molar-refractivity contribution in [3.05, 3.63) is 58.4 Å². The standard InChI is InChI=1S/C26H31N3O3S/c1-17-15-27-22(18(2)24(17)31-3)16-33-26-28-21-14-20(25(30)32-4)10-11-23(21)29(26)13-12-19-8-6-5-7-9-19/h8,10-11,14-15H,5-7,9,12-13,16H2,1-4H3. The van der Waals surface area contributed by atoms with Crippen molar-refractivity contribution >= 4 is 28.8 Å².